The van der Waals surface area contributed by atoms with Gasteiger partial charge in [0.1, 0.15) is 11.4 Å². The number of rotatable bonds is 3. The molecule has 29 heavy (non-hydrogen) atoms. The van der Waals surface area contributed by atoms with Crippen molar-refractivity contribution >= 4 is 17.5 Å². The van der Waals surface area contributed by atoms with Gasteiger partial charge in [0.15, 0.2) is 0 Å². The molecule has 7 heteroatoms. The summed E-state index contributed by atoms with van der Waals surface area (Å²) in [6.45, 7) is 9.18. The Hall–Kier alpha value is -2.02. The highest BCUT2D eigenvalue weighted by Gasteiger charge is 2.32. The second kappa shape index (κ2) is 8.78. The van der Waals surface area contributed by atoms with Gasteiger partial charge in [0.25, 0.3) is 0 Å². The van der Waals surface area contributed by atoms with Crippen molar-refractivity contribution in [3.63, 3.8) is 0 Å². The van der Waals surface area contributed by atoms with Gasteiger partial charge in [-0.2, -0.15) is 0 Å². The lowest BCUT2D eigenvalue weighted by Gasteiger charge is -2.43. The van der Waals surface area contributed by atoms with E-state index in [4.69, 9.17) is 10.5 Å². The molecule has 0 radical (unpaired) electrons. The van der Waals surface area contributed by atoms with E-state index in [0.717, 1.165) is 51.9 Å². The number of amides is 1. The molecule has 1 saturated heterocycles. The molecule has 0 unspecified atom stereocenters. The van der Waals surface area contributed by atoms with E-state index >= 15 is 0 Å². The summed E-state index contributed by atoms with van der Waals surface area (Å²) >= 11 is 0. The van der Waals surface area contributed by atoms with Crippen molar-refractivity contribution in [3.05, 3.63) is 24.0 Å². The molecule has 3 rings (SSSR count). The SMILES string of the molecule is CN(C(=O)OC(C)(C)C)C1CCC(N2CCN(c3ccc(N)cc3F)CC2)CC1. The van der Waals surface area contributed by atoms with Crippen LogP contribution in [0, 0.1) is 5.82 Å². The Morgan fingerprint density at radius 2 is 1.76 bits per heavy atom. The van der Waals surface area contributed by atoms with Gasteiger partial charge in [-0.1, -0.05) is 0 Å². The summed E-state index contributed by atoms with van der Waals surface area (Å²) in [5, 5.41) is 0. The van der Waals surface area contributed by atoms with Gasteiger partial charge in [-0.25, -0.2) is 9.18 Å². The second-order valence-corrected chi connectivity index (χ2v) is 9.29. The first-order valence-corrected chi connectivity index (χ1v) is 10.6. The number of nitrogens with zero attached hydrogens (tertiary/aromatic N) is 3. The minimum Gasteiger partial charge on any atom is -0.444 e. The quantitative estimate of drug-likeness (QED) is 0.776. The van der Waals surface area contributed by atoms with Crippen molar-refractivity contribution in [2.75, 3.05) is 43.9 Å². The number of hydrogen-bond donors (Lipinski definition) is 1. The number of benzene rings is 1. The van der Waals surface area contributed by atoms with Crippen molar-refractivity contribution in [1.82, 2.24) is 9.80 Å². The first kappa shape index (κ1) is 21.7. The van der Waals surface area contributed by atoms with Crippen LogP contribution in [0.25, 0.3) is 0 Å². The Labute approximate surface area is 173 Å². The lowest BCUT2D eigenvalue weighted by Crippen LogP contribution is -2.52. The van der Waals surface area contributed by atoms with Gasteiger partial charge in [-0.05, 0) is 64.7 Å². The first-order valence-electron chi connectivity index (χ1n) is 10.6. The second-order valence-electron chi connectivity index (χ2n) is 9.29. The molecule has 162 valence electrons. The van der Waals surface area contributed by atoms with E-state index in [1.807, 2.05) is 27.8 Å². The number of ether oxygens (including phenoxy) is 1. The Kier molecular flexibility index (Phi) is 6.56. The molecule has 1 aromatic rings. The Balaban J connectivity index is 1.47. The normalized spacial score (nSPS) is 23.7. The van der Waals surface area contributed by atoms with Crippen molar-refractivity contribution in [2.45, 2.75) is 64.1 Å². The molecule has 1 amide bonds. The predicted octanol–water partition coefficient (Wildman–Crippen LogP) is 3.71. The highest BCUT2D eigenvalue weighted by Crippen LogP contribution is 2.29. The van der Waals surface area contributed by atoms with Crippen molar-refractivity contribution in [1.29, 1.82) is 0 Å². The Morgan fingerprint density at radius 3 is 2.31 bits per heavy atom. The van der Waals surface area contributed by atoms with Crippen molar-refractivity contribution in [3.8, 4) is 0 Å². The van der Waals surface area contributed by atoms with Crippen LogP contribution in [0.4, 0.5) is 20.6 Å². The zero-order valence-corrected chi connectivity index (χ0v) is 18.2. The number of nitrogens with two attached hydrogens (primary N) is 1. The highest BCUT2D eigenvalue weighted by molar-refractivity contribution is 5.68. The first-order chi connectivity index (χ1) is 13.6. The Morgan fingerprint density at radius 1 is 1.14 bits per heavy atom. The summed E-state index contributed by atoms with van der Waals surface area (Å²) in [6, 6.07) is 5.71. The molecule has 0 aromatic heterocycles. The standard InChI is InChI=1S/C22H35FN4O2/c1-22(2,3)29-21(28)25(4)17-6-8-18(9-7-17)26-11-13-27(14-12-26)20-10-5-16(24)15-19(20)23/h5,10,15,17-18H,6-9,11-14,24H2,1-4H3. The van der Waals surface area contributed by atoms with Gasteiger partial charge in [0.2, 0.25) is 0 Å². The molecule has 1 aromatic carbocycles. The third kappa shape index (κ3) is 5.53. The summed E-state index contributed by atoms with van der Waals surface area (Å²) in [4.78, 5) is 18.7. The van der Waals surface area contributed by atoms with Crippen LogP contribution in [0.2, 0.25) is 0 Å². The number of halogens is 1. The van der Waals surface area contributed by atoms with Gasteiger partial charge in [-0.15, -0.1) is 0 Å². The number of piperazine rings is 1. The van der Waals surface area contributed by atoms with Gasteiger partial charge in [0, 0.05) is 51.0 Å². The van der Waals surface area contributed by atoms with E-state index in [1.54, 1.807) is 17.0 Å². The molecule has 6 nitrogen and oxygen atoms in total. The van der Waals surface area contributed by atoms with Crippen LogP contribution in [-0.4, -0.2) is 66.8 Å². The van der Waals surface area contributed by atoms with Crippen molar-refractivity contribution in [2.24, 2.45) is 0 Å². The molecule has 1 heterocycles. The number of nitrogen functional groups attached to an aromatic ring is 1. The molecule has 0 atom stereocenters. The molecule has 1 aliphatic carbocycles. The third-order valence-electron chi connectivity index (χ3n) is 6.04. The summed E-state index contributed by atoms with van der Waals surface area (Å²) in [5.41, 5.74) is 6.29. The van der Waals surface area contributed by atoms with E-state index in [0.29, 0.717) is 17.4 Å². The molecule has 1 aliphatic heterocycles. The van der Waals surface area contributed by atoms with Gasteiger partial charge < -0.3 is 20.3 Å². The number of anilines is 2. The van der Waals surface area contributed by atoms with E-state index in [1.165, 1.54) is 6.07 Å². The topological polar surface area (TPSA) is 62.0 Å². The molecule has 0 bridgehead atoms. The number of carbonyl (C=O) groups is 1. The van der Waals surface area contributed by atoms with Crippen LogP contribution in [0.1, 0.15) is 46.5 Å². The molecule has 0 spiro atoms. The average Bonchev–Trinajstić information content (AvgIpc) is 2.66. The Bertz CT molecular complexity index is 705. The van der Waals surface area contributed by atoms with E-state index < -0.39 is 5.60 Å². The van der Waals surface area contributed by atoms with Crippen LogP contribution >= 0.6 is 0 Å². The minimum atomic E-state index is -0.466. The average molecular weight is 407 g/mol. The highest BCUT2D eigenvalue weighted by atomic mass is 19.1. The van der Waals surface area contributed by atoms with Crippen LogP contribution in [0.5, 0.6) is 0 Å². The van der Waals surface area contributed by atoms with Crippen molar-refractivity contribution < 1.29 is 13.9 Å². The third-order valence-corrected chi connectivity index (χ3v) is 6.04. The van der Waals surface area contributed by atoms with Gasteiger partial charge in [0.05, 0.1) is 5.69 Å². The molecule has 2 fully saturated rings. The monoisotopic (exact) mass is 406 g/mol. The van der Waals surface area contributed by atoms with Crippen LogP contribution in [0.3, 0.4) is 0 Å². The summed E-state index contributed by atoms with van der Waals surface area (Å²) < 4.78 is 19.7. The lowest BCUT2D eigenvalue weighted by molar-refractivity contribution is 0.0148. The largest absolute Gasteiger partial charge is 0.444 e. The molecule has 1 saturated carbocycles. The fraction of sp³-hybridized carbons (Fsp3) is 0.682. The molecular weight excluding hydrogens is 371 g/mol. The molecule has 2 N–H and O–H groups in total. The summed E-state index contributed by atoms with van der Waals surface area (Å²) in [5.74, 6) is -0.246. The molecular formula is C22H35FN4O2. The summed E-state index contributed by atoms with van der Waals surface area (Å²) in [7, 11) is 1.85. The zero-order chi connectivity index (χ0) is 21.2. The fourth-order valence-corrected chi connectivity index (χ4v) is 4.40. The smallest absolute Gasteiger partial charge is 0.410 e. The van der Waals surface area contributed by atoms with Crippen LogP contribution in [0.15, 0.2) is 18.2 Å². The van der Waals surface area contributed by atoms with Gasteiger partial charge >= 0.3 is 6.09 Å². The molecule has 2 aliphatic rings. The van der Waals surface area contributed by atoms with Gasteiger partial charge in [-0.3, -0.25) is 4.90 Å². The number of hydrogen-bond acceptors (Lipinski definition) is 5. The van der Waals surface area contributed by atoms with Crippen LogP contribution < -0.4 is 10.6 Å². The fourth-order valence-electron chi connectivity index (χ4n) is 4.40. The minimum absolute atomic E-state index is 0.236. The van der Waals surface area contributed by atoms with Crippen LogP contribution in [-0.2, 0) is 4.74 Å². The maximum Gasteiger partial charge on any atom is 0.410 e. The zero-order valence-electron chi connectivity index (χ0n) is 18.2. The lowest BCUT2D eigenvalue weighted by atomic mass is 9.89. The predicted molar refractivity (Wildman–Crippen MR) is 115 cm³/mol. The maximum atomic E-state index is 14.2. The van der Waals surface area contributed by atoms with E-state index in [9.17, 15) is 9.18 Å². The summed E-state index contributed by atoms with van der Waals surface area (Å²) in [6.07, 6.45) is 3.91. The van der Waals surface area contributed by atoms with E-state index in [2.05, 4.69) is 9.80 Å². The maximum absolute atomic E-state index is 14.2. The number of carbonyl (C=O) groups excluding carboxylic acids is 1. The van der Waals surface area contributed by atoms with E-state index in [-0.39, 0.29) is 18.0 Å².